The lowest BCUT2D eigenvalue weighted by Crippen LogP contribution is -2.39. The lowest BCUT2D eigenvalue weighted by Gasteiger charge is -2.30. The summed E-state index contributed by atoms with van der Waals surface area (Å²) in [4.78, 5) is -0.0522. The van der Waals surface area contributed by atoms with Crippen LogP contribution in [0.4, 0.5) is 4.39 Å². The minimum atomic E-state index is -3.66. The molecule has 114 valence electrons. The van der Waals surface area contributed by atoms with Crippen molar-refractivity contribution in [3.05, 3.63) is 29.6 Å². The van der Waals surface area contributed by atoms with Gasteiger partial charge in [-0.25, -0.2) is 12.8 Å². The zero-order valence-electron chi connectivity index (χ0n) is 11.8. The molecule has 0 amide bonds. The van der Waals surface area contributed by atoms with E-state index in [1.165, 1.54) is 16.4 Å². The molecule has 1 fully saturated rings. The van der Waals surface area contributed by atoms with Crippen LogP contribution < -0.4 is 0 Å². The van der Waals surface area contributed by atoms with Gasteiger partial charge in [-0.15, -0.1) is 0 Å². The first-order valence-electron chi connectivity index (χ1n) is 6.84. The fraction of sp³-hybridized carbons (Fsp3) is 0.467. The van der Waals surface area contributed by atoms with E-state index in [4.69, 9.17) is 5.11 Å². The lowest BCUT2D eigenvalue weighted by atomic mass is 10.0. The highest BCUT2D eigenvalue weighted by molar-refractivity contribution is 7.89. The second-order valence-corrected chi connectivity index (χ2v) is 7.15. The number of sulfonamides is 1. The fourth-order valence-corrected chi connectivity index (χ4v) is 4.02. The van der Waals surface area contributed by atoms with Crippen molar-refractivity contribution >= 4 is 10.0 Å². The highest BCUT2D eigenvalue weighted by Gasteiger charge is 2.29. The van der Waals surface area contributed by atoms with E-state index >= 15 is 0 Å². The second-order valence-electron chi connectivity index (χ2n) is 5.21. The van der Waals surface area contributed by atoms with Gasteiger partial charge in [-0.1, -0.05) is 18.8 Å². The SMILES string of the molecule is CC1CCCN(S(=O)(=O)c2ccc(C#CCO)c(F)c2)C1. The molecule has 4 nitrogen and oxygen atoms in total. The number of aliphatic hydroxyl groups excluding tert-OH is 1. The molecule has 1 aliphatic heterocycles. The number of hydrogen-bond donors (Lipinski definition) is 1. The van der Waals surface area contributed by atoms with Crippen LogP contribution in [-0.4, -0.2) is 37.5 Å². The normalized spacial score (nSPS) is 19.9. The van der Waals surface area contributed by atoms with E-state index < -0.39 is 15.8 Å². The van der Waals surface area contributed by atoms with E-state index in [2.05, 4.69) is 11.8 Å². The van der Waals surface area contributed by atoms with Gasteiger partial charge in [-0.2, -0.15) is 4.31 Å². The summed E-state index contributed by atoms with van der Waals surface area (Å²) in [6, 6.07) is 3.69. The van der Waals surface area contributed by atoms with Crippen LogP contribution in [0.3, 0.4) is 0 Å². The van der Waals surface area contributed by atoms with E-state index in [-0.39, 0.29) is 17.1 Å². The van der Waals surface area contributed by atoms with Gasteiger partial charge in [-0.3, -0.25) is 0 Å². The summed E-state index contributed by atoms with van der Waals surface area (Å²) in [5.41, 5.74) is 0.0787. The van der Waals surface area contributed by atoms with Crippen molar-refractivity contribution in [3.8, 4) is 11.8 Å². The Morgan fingerprint density at radius 3 is 2.86 bits per heavy atom. The van der Waals surface area contributed by atoms with Crippen LogP contribution >= 0.6 is 0 Å². The van der Waals surface area contributed by atoms with E-state index in [0.29, 0.717) is 19.0 Å². The Labute approximate surface area is 124 Å². The number of piperidine rings is 1. The third-order valence-electron chi connectivity index (χ3n) is 3.50. The topological polar surface area (TPSA) is 57.6 Å². The predicted molar refractivity (Wildman–Crippen MR) is 77.5 cm³/mol. The molecule has 1 aromatic rings. The van der Waals surface area contributed by atoms with Crippen molar-refractivity contribution in [2.75, 3.05) is 19.7 Å². The number of aliphatic hydroxyl groups is 1. The summed E-state index contributed by atoms with van der Waals surface area (Å²) in [5.74, 6) is 4.40. The van der Waals surface area contributed by atoms with Crippen molar-refractivity contribution in [1.82, 2.24) is 4.31 Å². The van der Waals surface area contributed by atoms with E-state index in [1.54, 1.807) is 0 Å². The molecule has 0 saturated carbocycles. The molecule has 1 aromatic carbocycles. The molecule has 1 aliphatic rings. The predicted octanol–water partition coefficient (Wildman–Crippen LogP) is 1.59. The molecule has 0 spiro atoms. The van der Waals surface area contributed by atoms with Crippen molar-refractivity contribution in [1.29, 1.82) is 0 Å². The Morgan fingerprint density at radius 1 is 1.48 bits per heavy atom. The minimum Gasteiger partial charge on any atom is -0.384 e. The smallest absolute Gasteiger partial charge is 0.243 e. The summed E-state index contributed by atoms with van der Waals surface area (Å²) in [7, 11) is -3.66. The quantitative estimate of drug-likeness (QED) is 0.844. The van der Waals surface area contributed by atoms with Gasteiger partial charge in [-0.05, 0) is 37.0 Å². The zero-order valence-corrected chi connectivity index (χ0v) is 12.7. The Bertz CT molecular complexity index is 676. The summed E-state index contributed by atoms with van der Waals surface area (Å²) in [6.45, 7) is 2.58. The van der Waals surface area contributed by atoms with Gasteiger partial charge in [0, 0.05) is 13.1 Å². The van der Waals surface area contributed by atoms with Crippen LogP contribution in [0.5, 0.6) is 0 Å². The second kappa shape index (κ2) is 6.56. The molecule has 0 aromatic heterocycles. The largest absolute Gasteiger partial charge is 0.384 e. The molecule has 6 heteroatoms. The molecule has 0 bridgehead atoms. The molecule has 1 atom stereocenters. The molecule has 1 N–H and O–H groups in total. The first-order chi connectivity index (χ1) is 9.95. The van der Waals surface area contributed by atoms with Gasteiger partial charge >= 0.3 is 0 Å². The number of nitrogens with zero attached hydrogens (tertiary/aromatic N) is 1. The van der Waals surface area contributed by atoms with Crippen LogP contribution in [0.25, 0.3) is 0 Å². The van der Waals surface area contributed by atoms with Gasteiger partial charge in [0.05, 0.1) is 10.5 Å². The average Bonchev–Trinajstić information content (AvgIpc) is 2.46. The van der Waals surface area contributed by atoms with Gasteiger partial charge in [0.1, 0.15) is 12.4 Å². The standard InChI is InChI=1S/C15H18FNO3S/c1-12-4-2-8-17(11-12)21(19,20)14-7-6-13(5-3-9-18)15(16)10-14/h6-7,10,12,18H,2,4,8-9,11H2,1H3. The summed E-state index contributed by atoms with van der Waals surface area (Å²) < 4.78 is 40.3. The van der Waals surface area contributed by atoms with Crippen LogP contribution in [0.1, 0.15) is 25.3 Å². The summed E-state index contributed by atoms with van der Waals surface area (Å²) in [5, 5.41) is 8.60. The Hall–Kier alpha value is -1.42. The number of benzene rings is 1. The number of hydrogen-bond acceptors (Lipinski definition) is 3. The van der Waals surface area contributed by atoms with Gasteiger partial charge in [0.15, 0.2) is 0 Å². The molecule has 2 rings (SSSR count). The minimum absolute atomic E-state index is 0.0522. The van der Waals surface area contributed by atoms with Gasteiger partial charge in [0.2, 0.25) is 10.0 Å². The van der Waals surface area contributed by atoms with Gasteiger partial charge in [0.25, 0.3) is 0 Å². The van der Waals surface area contributed by atoms with Crippen LogP contribution in [0.15, 0.2) is 23.1 Å². The first kappa shape index (κ1) is 16.0. The van der Waals surface area contributed by atoms with E-state index in [9.17, 15) is 12.8 Å². The molecule has 0 aliphatic carbocycles. The highest BCUT2D eigenvalue weighted by atomic mass is 32.2. The van der Waals surface area contributed by atoms with Crippen molar-refractivity contribution in [2.24, 2.45) is 5.92 Å². The van der Waals surface area contributed by atoms with Crippen molar-refractivity contribution in [2.45, 2.75) is 24.7 Å². The Morgan fingerprint density at radius 2 is 2.24 bits per heavy atom. The Balaban J connectivity index is 2.30. The Kier molecular flexibility index (Phi) is 4.99. The van der Waals surface area contributed by atoms with Crippen LogP contribution in [0.2, 0.25) is 0 Å². The number of rotatable bonds is 2. The monoisotopic (exact) mass is 311 g/mol. The molecule has 1 heterocycles. The maximum absolute atomic E-state index is 13.9. The van der Waals surface area contributed by atoms with Gasteiger partial charge < -0.3 is 5.11 Å². The van der Waals surface area contributed by atoms with E-state index in [1.807, 2.05) is 6.92 Å². The molecule has 1 saturated heterocycles. The average molecular weight is 311 g/mol. The summed E-state index contributed by atoms with van der Waals surface area (Å²) in [6.07, 6.45) is 1.83. The zero-order chi connectivity index (χ0) is 15.5. The van der Waals surface area contributed by atoms with Crippen molar-refractivity contribution in [3.63, 3.8) is 0 Å². The molecular weight excluding hydrogens is 293 g/mol. The molecule has 0 radical (unpaired) electrons. The first-order valence-corrected chi connectivity index (χ1v) is 8.28. The maximum atomic E-state index is 13.9. The third kappa shape index (κ3) is 3.62. The highest BCUT2D eigenvalue weighted by Crippen LogP contribution is 2.24. The van der Waals surface area contributed by atoms with E-state index in [0.717, 1.165) is 18.9 Å². The molecule has 21 heavy (non-hydrogen) atoms. The third-order valence-corrected chi connectivity index (χ3v) is 5.36. The fourth-order valence-electron chi connectivity index (χ4n) is 2.41. The van der Waals surface area contributed by atoms with Crippen LogP contribution in [0, 0.1) is 23.6 Å². The molecule has 1 unspecified atom stereocenters. The molecular formula is C15H18FNO3S. The maximum Gasteiger partial charge on any atom is 0.243 e. The number of halogens is 1. The lowest BCUT2D eigenvalue weighted by molar-refractivity contribution is 0.281. The van der Waals surface area contributed by atoms with Crippen LogP contribution in [-0.2, 0) is 10.0 Å². The summed E-state index contributed by atoms with van der Waals surface area (Å²) >= 11 is 0. The van der Waals surface area contributed by atoms with Crippen molar-refractivity contribution < 1.29 is 17.9 Å².